The first-order valence-electron chi connectivity index (χ1n) is 10.2. The van der Waals surface area contributed by atoms with Crippen molar-refractivity contribution in [2.45, 2.75) is 31.7 Å². The number of fused-ring (bicyclic) bond motifs is 1. The third-order valence-electron chi connectivity index (χ3n) is 5.47. The second-order valence-electron chi connectivity index (χ2n) is 7.47. The molecule has 2 aliphatic rings. The monoisotopic (exact) mass is 380 g/mol. The molecule has 1 saturated heterocycles. The summed E-state index contributed by atoms with van der Waals surface area (Å²) >= 11 is 0. The lowest BCUT2D eigenvalue weighted by atomic mass is 10.0. The van der Waals surface area contributed by atoms with Crippen LogP contribution in [-0.4, -0.2) is 43.7 Å². The number of amides is 1. The number of nitrogens with zero attached hydrogens (tertiary/aromatic N) is 1. The minimum absolute atomic E-state index is 0.109. The molecule has 4 rings (SSSR count). The number of hydrogen-bond acceptors (Lipinski definition) is 4. The lowest BCUT2D eigenvalue weighted by Crippen LogP contribution is -2.37. The molecule has 2 heterocycles. The summed E-state index contributed by atoms with van der Waals surface area (Å²) < 4.78 is 11.3. The molecule has 0 spiro atoms. The van der Waals surface area contributed by atoms with Crippen molar-refractivity contribution in [3.8, 4) is 11.5 Å². The van der Waals surface area contributed by atoms with E-state index in [4.69, 9.17) is 9.47 Å². The van der Waals surface area contributed by atoms with Crippen molar-refractivity contribution in [2.24, 2.45) is 0 Å². The van der Waals surface area contributed by atoms with E-state index >= 15 is 0 Å². The van der Waals surface area contributed by atoms with Gasteiger partial charge in [0.15, 0.2) is 11.5 Å². The topological polar surface area (TPSA) is 50.8 Å². The first kappa shape index (κ1) is 18.8. The smallest absolute Gasteiger partial charge is 0.234 e. The Balaban J connectivity index is 1.27. The molecule has 1 N–H and O–H groups in total. The fourth-order valence-corrected chi connectivity index (χ4v) is 4.07. The van der Waals surface area contributed by atoms with Crippen LogP contribution < -0.4 is 14.8 Å². The molecule has 1 atom stereocenters. The van der Waals surface area contributed by atoms with Gasteiger partial charge in [0.1, 0.15) is 13.2 Å². The van der Waals surface area contributed by atoms with E-state index in [1.807, 2.05) is 12.1 Å². The first-order chi connectivity index (χ1) is 13.8. The Morgan fingerprint density at radius 1 is 1.07 bits per heavy atom. The van der Waals surface area contributed by atoms with Crippen LogP contribution in [0.15, 0.2) is 48.5 Å². The van der Waals surface area contributed by atoms with Crippen LogP contribution in [0.2, 0.25) is 0 Å². The summed E-state index contributed by atoms with van der Waals surface area (Å²) in [6.07, 6.45) is 4.13. The fourth-order valence-electron chi connectivity index (χ4n) is 4.07. The van der Waals surface area contributed by atoms with Gasteiger partial charge in [-0.2, -0.15) is 0 Å². The number of nitrogens with one attached hydrogen (secondary N) is 1. The maximum Gasteiger partial charge on any atom is 0.234 e. The van der Waals surface area contributed by atoms with E-state index in [-0.39, 0.29) is 11.9 Å². The molecule has 5 heteroatoms. The predicted octanol–water partition coefficient (Wildman–Crippen LogP) is 3.34. The minimum Gasteiger partial charge on any atom is -0.486 e. The van der Waals surface area contributed by atoms with E-state index in [1.54, 1.807) is 0 Å². The van der Waals surface area contributed by atoms with Crippen molar-refractivity contribution in [2.75, 3.05) is 32.8 Å². The predicted molar refractivity (Wildman–Crippen MR) is 109 cm³/mol. The molecule has 1 amide bonds. The molecular weight excluding hydrogens is 352 g/mol. The van der Waals surface area contributed by atoms with Gasteiger partial charge in [0.25, 0.3) is 0 Å². The molecule has 0 bridgehead atoms. The van der Waals surface area contributed by atoms with Crippen LogP contribution in [0.5, 0.6) is 11.5 Å². The van der Waals surface area contributed by atoms with Crippen LogP contribution in [0, 0.1) is 0 Å². The van der Waals surface area contributed by atoms with E-state index in [0.29, 0.717) is 19.8 Å². The summed E-state index contributed by atoms with van der Waals surface area (Å²) in [6, 6.07) is 16.8. The van der Waals surface area contributed by atoms with Crippen molar-refractivity contribution in [3.63, 3.8) is 0 Å². The number of rotatable bonds is 7. The molecule has 0 aromatic heterocycles. The molecule has 1 fully saturated rings. The number of ether oxygens (including phenoxy) is 2. The van der Waals surface area contributed by atoms with Gasteiger partial charge in [-0.25, -0.2) is 0 Å². The molecule has 0 radical (unpaired) electrons. The standard InChI is InChI=1S/C23H28N2O3/c26-23(24-12-4-8-18-6-2-1-3-7-18)17-25-13-5-9-20(25)19-10-11-21-22(16-19)28-15-14-27-21/h1-3,6-7,10-11,16,20H,4-5,8-9,12-15,17H2,(H,24,26). The normalized spacial score (nSPS) is 18.8. The quantitative estimate of drug-likeness (QED) is 0.749. The average Bonchev–Trinajstić information content (AvgIpc) is 3.19. The van der Waals surface area contributed by atoms with Gasteiger partial charge in [0, 0.05) is 12.6 Å². The molecule has 2 aliphatic heterocycles. The highest BCUT2D eigenvalue weighted by molar-refractivity contribution is 5.78. The third-order valence-corrected chi connectivity index (χ3v) is 5.47. The third kappa shape index (κ3) is 4.65. The summed E-state index contributed by atoms with van der Waals surface area (Å²) in [5.74, 6) is 1.74. The first-order valence-corrected chi connectivity index (χ1v) is 10.2. The highest BCUT2D eigenvalue weighted by atomic mass is 16.6. The maximum absolute atomic E-state index is 12.4. The van der Waals surface area contributed by atoms with E-state index in [2.05, 4.69) is 46.6 Å². The Morgan fingerprint density at radius 3 is 2.75 bits per heavy atom. The molecule has 1 unspecified atom stereocenters. The summed E-state index contributed by atoms with van der Waals surface area (Å²) in [6.45, 7) is 3.32. The molecule has 0 aliphatic carbocycles. The van der Waals surface area contributed by atoms with Crippen molar-refractivity contribution in [1.82, 2.24) is 10.2 Å². The number of benzene rings is 2. The summed E-state index contributed by atoms with van der Waals surface area (Å²) in [5.41, 5.74) is 2.52. The number of carbonyl (C=O) groups is 1. The van der Waals surface area contributed by atoms with E-state index in [0.717, 1.165) is 50.3 Å². The fraction of sp³-hybridized carbons (Fsp3) is 0.435. The van der Waals surface area contributed by atoms with Crippen LogP contribution in [-0.2, 0) is 11.2 Å². The molecule has 2 aromatic carbocycles. The van der Waals surface area contributed by atoms with Gasteiger partial charge in [-0.1, -0.05) is 36.4 Å². The molecule has 5 nitrogen and oxygen atoms in total. The Kier molecular flexibility index (Phi) is 6.12. The number of likely N-dealkylation sites (tertiary alicyclic amines) is 1. The van der Waals surface area contributed by atoms with Crippen LogP contribution in [0.1, 0.15) is 36.4 Å². The highest BCUT2D eigenvalue weighted by Crippen LogP contribution is 2.37. The summed E-state index contributed by atoms with van der Waals surface area (Å²) in [4.78, 5) is 14.7. The van der Waals surface area contributed by atoms with Crippen LogP contribution in [0.3, 0.4) is 0 Å². The largest absolute Gasteiger partial charge is 0.486 e. The van der Waals surface area contributed by atoms with Gasteiger partial charge < -0.3 is 14.8 Å². The highest BCUT2D eigenvalue weighted by Gasteiger charge is 2.28. The van der Waals surface area contributed by atoms with Crippen LogP contribution >= 0.6 is 0 Å². The van der Waals surface area contributed by atoms with Crippen molar-refractivity contribution < 1.29 is 14.3 Å². The van der Waals surface area contributed by atoms with Gasteiger partial charge >= 0.3 is 0 Å². The van der Waals surface area contributed by atoms with Gasteiger partial charge in [-0.05, 0) is 55.5 Å². The van der Waals surface area contributed by atoms with Crippen LogP contribution in [0.4, 0.5) is 0 Å². The van der Waals surface area contributed by atoms with Crippen molar-refractivity contribution >= 4 is 5.91 Å². The molecule has 28 heavy (non-hydrogen) atoms. The Morgan fingerprint density at radius 2 is 1.89 bits per heavy atom. The van der Waals surface area contributed by atoms with Gasteiger partial charge in [-0.15, -0.1) is 0 Å². The second-order valence-corrected chi connectivity index (χ2v) is 7.47. The molecule has 2 aromatic rings. The number of hydrogen-bond donors (Lipinski definition) is 1. The maximum atomic E-state index is 12.4. The summed E-state index contributed by atoms with van der Waals surface area (Å²) in [7, 11) is 0. The van der Waals surface area contributed by atoms with Crippen LogP contribution in [0.25, 0.3) is 0 Å². The zero-order chi connectivity index (χ0) is 19.2. The Bertz CT molecular complexity index is 794. The average molecular weight is 380 g/mol. The van der Waals surface area contributed by atoms with E-state index < -0.39 is 0 Å². The zero-order valence-electron chi connectivity index (χ0n) is 16.2. The zero-order valence-corrected chi connectivity index (χ0v) is 16.2. The molecule has 148 valence electrons. The van der Waals surface area contributed by atoms with Gasteiger partial charge in [0.05, 0.1) is 6.54 Å². The molecular formula is C23H28N2O3. The number of aryl methyl sites for hydroxylation is 1. The number of carbonyl (C=O) groups excluding carboxylic acids is 1. The van der Waals surface area contributed by atoms with Gasteiger partial charge in [-0.3, -0.25) is 9.69 Å². The van der Waals surface area contributed by atoms with Crippen molar-refractivity contribution in [1.29, 1.82) is 0 Å². The second kappa shape index (κ2) is 9.11. The Hall–Kier alpha value is -2.53. The minimum atomic E-state index is 0.109. The Labute approximate surface area is 166 Å². The lowest BCUT2D eigenvalue weighted by molar-refractivity contribution is -0.122. The van der Waals surface area contributed by atoms with E-state index in [9.17, 15) is 4.79 Å². The van der Waals surface area contributed by atoms with E-state index in [1.165, 1.54) is 11.1 Å². The molecule has 0 saturated carbocycles. The summed E-state index contributed by atoms with van der Waals surface area (Å²) in [5, 5.41) is 3.08. The SMILES string of the molecule is O=C(CN1CCCC1c1ccc2c(c1)OCCO2)NCCCc1ccccc1. The van der Waals surface area contributed by atoms with Gasteiger partial charge in [0.2, 0.25) is 5.91 Å². The van der Waals surface area contributed by atoms with Crippen molar-refractivity contribution in [3.05, 3.63) is 59.7 Å². The lowest BCUT2D eigenvalue weighted by Gasteiger charge is -2.26.